The highest BCUT2D eigenvalue weighted by Crippen LogP contribution is 2.27. The number of benzene rings is 1. The van der Waals surface area contributed by atoms with E-state index in [1.54, 1.807) is 0 Å². The molecule has 98 valence electrons. The van der Waals surface area contributed by atoms with Gasteiger partial charge in [-0.25, -0.2) is 0 Å². The zero-order valence-electron chi connectivity index (χ0n) is 11.2. The van der Waals surface area contributed by atoms with Gasteiger partial charge in [0.25, 0.3) is 0 Å². The molecule has 1 aromatic rings. The second-order valence-corrected chi connectivity index (χ2v) is 5.07. The minimum Gasteiger partial charge on any atom is -0.493 e. The van der Waals surface area contributed by atoms with Crippen LogP contribution >= 0.6 is 0 Å². The van der Waals surface area contributed by atoms with Crippen molar-refractivity contribution in [3.8, 4) is 5.75 Å². The van der Waals surface area contributed by atoms with Gasteiger partial charge in [0.1, 0.15) is 11.5 Å². The van der Waals surface area contributed by atoms with Gasteiger partial charge in [-0.05, 0) is 30.9 Å². The molecule has 1 aromatic carbocycles. The summed E-state index contributed by atoms with van der Waals surface area (Å²) in [4.78, 5) is 12.2. The van der Waals surface area contributed by atoms with E-state index in [-0.39, 0.29) is 5.92 Å². The van der Waals surface area contributed by atoms with Gasteiger partial charge in [-0.3, -0.25) is 4.79 Å². The normalized spacial score (nSPS) is 18.6. The summed E-state index contributed by atoms with van der Waals surface area (Å²) in [7, 11) is 0. The molecule has 2 heteroatoms. The quantitative estimate of drug-likeness (QED) is 0.739. The number of hydrogen-bond donors (Lipinski definition) is 0. The summed E-state index contributed by atoms with van der Waals surface area (Å²) in [6, 6.07) is 8.08. The van der Waals surface area contributed by atoms with Crippen molar-refractivity contribution in [1.29, 1.82) is 0 Å². The van der Waals surface area contributed by atoms with Crippen LogP contribution in [0.25, 0.3) is 0 Å². The lowest BCUT2D eigenvalue weighted by molar-refractivity contribution is -0.123. The minimum absolute atomic E-state index is 0.158. The Bertz CT molecular complexity index is 398. The number of para-hydroxylation sites is 1. The van der Waals surface area contributed by atoms with Crippen LogP contribution in [0.2, 0.25) is 0 Å². The van der Waals surface area contributed by atoms with Crippen molar-refractivity contribution in [2.24, 2.45) is 5.92 Å². The van der Waals surface area contributed by atoms with Crippen molar-refractivity contribution >= 4 is 5.78 Å². The van der Waals surface area contributed by atoms with Crippen molar-refractivity contribution in [2.75, 3.05) is 6.61 Å². The molecule has 2 nitrogen and oxygen atoms in total. The van der Waals surface area contributed by atoms with Crippen molar-refractivity contribution < 1.29 is 9.53 Å². The number of ether oxygens (including phenoxy) is 1. The lowest BCUT2D eigenvalue weighted by Crippen LogP contribution is -2.17. The van der Waals surface area contributed by atoms with Crippen LogP contribution in [0.1, 0.15) is 44.6 Å². The van der Waals surface area contributed by atoms with Gasteiger partial charge < -0.3 is 4.74 Å². The first-order valence-electron chi connectivity index (χ1n) is 7.04. The summed E-state index contributed by atoms with van der Waals surface area (Å²) in [6.45, 7) is 2.83. The molecule has 0 spiro atoms. The summed E-state index contributed by atoms with van der Waals surface area (Å²) in [5.41, 5.74) is 1.18. The maximum absolute atomic E-state index is 12.2. The van der Waals surface area contributed by atoms with Gasteiger partial charge in [-0.2, -0.15) is 0 Å². The predicted octanol–water partition coefficient (Wildman–Crippen LogP) is 3.78. The highest BCUT2D eigenvalue weighted by Gasteiger charge is 2.22. The van der Waals surface area contributed by atoms with E-state index in [0.29, 0.717) is 12.4 Å². The number of unbranched alkanes of at least 4 members (excludes halogenated alkanes) is 2. The van der Waals surface area contributed by atoms with Gasteiger partial charge in [0.05, 0.1) is 6.61 Å². The third-order valence-electron chi connectivity index (χ3n) is 3.64. The molecule has 1 unspecified atom stereocenters. The highest BCUT2D eigenvalue weighted by atomic mass is 16.5. The molecule has 0 saturated heterocycles. The zero-order chi connectivity index (χ0) is 12.8. The van der Waals surface area contributed by atoms with E-state index in [1.807, 2.05) is 18.2 Å². The average Bonchev–Trinajstić information content (AvgIpc) is 2.61. The molecular weight excluding hydrogens is 224 g/mol. The molecule has 0 fully saturated rings. The summed E-state index contributed by atoms with van der Waals surface area (Å²) in [5, 5.41) is 0. The third kappa shape index (κ3) is 3.34. The number of hydrogen-bond acceptors (Lipinski definition) is 2. The maximum atomic E-state index is 12.2. The van der Waals surface area contributed by atoms with E-state index in [9.17, 15) is 4.79 Å². The van der Waals surface area contributed by atoms with E-state index in [2.05, 4.69) is 13.0 Å². The fourth-order valence-corrected chi connectivity index (χ4v) is 2.52. The van der Waals surface area contributed by atoms with Crippen LogP contribution in [0.15, 0.2) is 24.3 Å². The van der Waals surface area contributed by atoms with E-state index >= 15 is 0 Å². The molecule has 18 heavy (non-hydrogen) atoms. The first-order valence-corrected chi connectivity index (χ1v) is 7.04. The number of fused-ring (bicyclic) bond motifs is 1. The van der Waals surface area contributed by atoms with Gasteiger partial charge in [0.2, 0.25) is 0 Å². The minimum atomic E-state index is 0.158. The Labute approximate surface area is 109 Å². The molecule has 0 amide bonds. The van der Waals surface area contributed by atoms with Crippen LogP contribution in [0.3, 0.4) is 0 Å². The average molecular weight is 246 g/mol. The van der Waals surface area contributed by atoms with Gasteiger partial charge >= 0.3 is 0 Å². The van der Waals surface area contributed by atoms with E-state index in [4.69, 9.17) is 4.74 Å². The van der Waals surface area contributed by atoms with E-state index in [0.717, 1.165) is 37.9 Å². The fourth-order valence-electron chi connectivity index (χ4n) is 2.52. The predicted molar refractivity (Wildman–Crippen MR) is 72.9 cm³/mol. The molecule has 2 rings (SSSR count). The number of Topliss-reactive ketones (excluding diaryl/α,β-unsaturated/α-hetero) is 1. The monoisotopic (exact) mass is 246 g/mol. The van der Waals surface area contributed by atoms with Gasteiger partial charge in [-0.1, -0.05) is 38.0 Å². The number of rotatable bonds is 5. The lowest BCUT2D eigenvalue weighted by Gasteiger charge is -2.12. The van der Waals surface area contributed by atoms with Crippen LogP contribution in [0.5, 0.6) is 5.75 Å². The van der Waals surface area contributed by atoms with E-state index in [1.165, 1.54) is 12.0 Å². The summed E-state index contributed by atoms with van der Waals surface area (Å²) < 4.78 is 5.70. The van der Waals surface area contributed by atoms with Crippen LogP contribution in [0, 0.1) is 5.92 Å². The van der Waals surface area contributed by atoms with Gasteiger partial charge in [0, 0.05) is 12.3 Å². The van der Waals surface area contributed by atoms with Gasteiger partial charge in [-0.15, -0.1) is 0 Å². The SMILES string of the molecule is CCCCCC(=O)C1CCOc2ccccc2C1. The van der Waals surface area contributed by atoms with Gasteiger partial charge in [0.15, 0.2) is 0 Å². The first kappa shape index (κ1) is 13.1. The van der Waals surface area contributed by atoms with Crippen LogP contribution in [-0.4, -0.2) is 12.4 Å². The molecular formula is C16H22O2. The smallest absolute Gasteiger partial charge is 0.136 e. The Kier molecular flexibility index (Phi) is 4.80. The second-order valence-electron chi connectivity index (χ2n) is 5.07. The molecule has 0 aromatic heterocycles. The molecule has 1 heterocycles. The summed E-state index contributed by atoms with van der Waals surface area (Å²) in [6.07, 6.45) is 5.81. The number of carbonyl (C=O) groups is 1. The van der Waals surface area contributed by atoms with Crippen molar-refractivity contribution in [1.82, 2.24) is 0 Å². The Hall–Kier alpha value is -1.31. The van der Waals surface area contributed by atoms with Crippen molar-refractivity contribution in [3.05, 3.63) is 29.8 Å². The molecule has 1 aliphatic rings. The largest absolute Gasteiger partial charge is 0.493 e. The number of carbonyl (C=O) groups excluding carboxylic acids is 1. The van der Waals surface area contributed by atoms with Crippen molar-refractivity contribution in [3.63, 3.8) is 0 Å². The molecule has 0 bridgehead atoms. The van der Waals surface area contributed by atoms with Crippen LogP contribution in [0.4, 0.5) is 0 Å². The lowest BCUT2D eigenvalue weighted by atomic mass is 9.90. The molecule has 0 radical (unpaired) electrons. The first-order chi connectivity index (χ1) is 8.81. The standard InChI is InChI=1S/C16H22O2/c1-2-3-4-8-15(17)13-10-11-18-16-9-6-5-7-14(16)12-13/h5-7,9,13H,2-4,8,10-12H2,1H3. The van der Waals surface area contributed by atoms with Crippen LogP contribution in [-0.2, 0) is 11.2 Å². The Morgan fingerprint density at radius 3 is 3.00 bits per heavy atom. The zero-order valence-corrected chi connectivity index (χ0v) is 11.2. The maximum Gasteiger partial charge on any atom is 0.136 e. The summed E-state index contributed by atoms with van der Waals surface area (Å²) in [5.74, 6) is 1.54. The topological polar surface area (TPSA) is 26.3 Å². The molecule has 0 N–H and O–H groups in total. The summed E-state index contributed by atoms with van der Waals surface area (Å²) >= 11 is 0. The van der Waals surface area contributed by atoms with Crippen LogP contribution < -0.4 is 4.74 Å². The van der Waals surface area contributed by atoms with Crippen molar-refractivity contribution in [2.45, 2.75) is 45.4 Å². The molecule has 1 aliphatic heterocycles. The fraction of sp³-hybridized carbons (Fsp3) is 0.562. The molecule has 1 atom stereocenters. The second kappa shape index (κ2) is 6.58. The highest BCUT2D eigenvalue weighted by molar-refractivity contribution is 5.81. The van der Waals surface area contributed by atoms with E-state index < -0.39 is 0 Å². The molecule has 0 aliphatic carbocycles. The Morgan fingerprint density at radius 1 is 1.33 bits per heavy atom. The Morgan fingerprint density at radius 2 is 2.17 bits per heavy atom. The number of ketones is 1. The third-order valence-corrected chi connectivity index (χ3v) is 3.64. The Balaban J connectivity index is 1.97. The molecule has 0 saturated carbocycles.